The summed E-state index contributed by atoms with van der Waals surface area (Å²) in [7, 11) is 1.52. The fourth-order valence-electron chi connectivity index (χ4n) is 2.99. The number of nitrogens with zero attached hydrogens (tertiary/aromatic N) is 3. The molecular formula is C21H19Cl2FN4O2. The summed E-state index contributed by atoms with van der Waals surface area (Å²) in [5.41, 5.74) is 1.96. The minimum absolute atomic E-state index is 0.203. The lowest BCUT2D eigenvalue weighted by Crippen LogP contribution is -2.35. The summed E-state index contributed by atoms with van der Waals surface area (Å²) in [5, 5.41) is 7.51. The fraction of sp³-hybridized carbons (Fsp3) is 0.190. The number of para-hydroxylation sites is 1. The van der Waals surface area contributed by atoms with Crippen molar-refractivity contribution in [3.8, 4) is 5.69 Å². The molecule has 0 bridgehead atoms. The number of nitrogens with one attached hydrogen (secondary N) is 1. The normalized spacial score (nSPS) is 10.7. The highest BCUT2D eigenvalue weighted by Gasteiger charge is 2.22. The number of carbonyl (C=O) groups is 2. The molecule has 0 aliphatic carbocycles. The van der Waals surface area contributed by atoms with Crippen LogP contribution in [0, 0.1) is 5.82 Å². The zero-order chi connectivity index (χ0) is 21.8. The standard InChI is InChI=1S/C21H19Cl2FN4O2/c1-3-18-15(11-25-28(18)14-9-7-13(24)8-10-14)21(30)27(2)12-19(29)26-20-16(22)5-4-6-17(20)23/h4-11H,3,12H2,1-2H3,(H,26,29). The zero-order valence-electron chi connectivity index (χ0n) is 16.3. The molecule has 1 heterocycles. The molecule has 30 heavy (non-hydrogen) atoms. The molecule has 0 unspecified atom stereocenters. The second-order valence-electron chi connectivity index (χ2n) is 6.55. The van der Waals surface area contributed by atoms with Gasteiger partial charge in [0.15, 0.2) is 0 Å². The van der Waals surface area contributed by atoms with E-state index in [0.29, 0.717) is 39.1 Å². The van der Waals surface area contributed by atoms with Gasteiger partial charge in [-0.2, -0.15) is 5.10 Å². The van der Waals surface area contributed by atoms with Gasteiger partial charge in [-0.1, -0.05) is 36.2 Å². The fourth-order valence-corrected chi connectivity index (χ4v) is 3.48. The number of hydrogen-bond donors (Lipinski definition) is 1. The van der Waals surface area contributed by atoms with Crippen LogP contribution in [0.2, 0.25) is 10.0 Å². The summed E-state index contributed by atoms with van der Waals surface area (Å²) >= 11 is 12.1. The Hall–Kier alpha value is -2.90. The minimum atomic E-state index is -0.440. The van der Waals surface area contributed by atoms with Crippen molar-refractivity contribution < 1.29 is 14.0 Å². The van der Waals surface area contributed by atoms with E-state index in [0.717, 1.165) is 0 Å². The highest BCUT2D eigenvalue weighted by Crippen LogP contribution is 2.29. The average molecular weight is 449 g/mol. The van der Waals surface area contributed by atoms with Crippen molar-refractivity contribution in [2.45, 2.75) is 13.3 Å². The van der Waals surface area contributed by atoms with Gasteiger partial charge in [0.2, 0.25) is 5.91 Å². The van der Waals surface area contributed by atoms with Crippen molar-refractivity contribution in [1.82, 2.24) is 14.7 Å². The first-order valence-electron chi connectivity index (χ1n) is 9.14. The molecule has 1 aromatic heterocycles. The largest absolute Gasteiger partial charge is 0.332 e. The van der Waals surface area contributed by atoms with Crippen molar-refractivity contribution in [3.63, 3.8) is 0 Å². The van der Waals surface area contributed by atoms with Crippen LogP contribution in [0.1, 0.15) is 23.0 Å². The van der Waals surface area contributed by atoms with E-state index in [2.05, 4.69) is 10.4 Å². The highest BCUT2D eigenvalue weighted by atomic mass is 35.5. The van der Waals surface area contributed by atoms with E-state index in [1.165, 1.54) is 30.3 Å². The van der Waals surface area contributed by atoms with Crippen LogP contribution in [0.25, 0.3) is 5.69 Å². The number of benzene rings is 2. The molecule has 3 aromatic rings. The van der Waals surface area contributed by atoms with E-state index < -0.39 is 5.91 Å². The molecule has 1 N–H and O–H groups in total. The Labute approximate surface area is 183 Å². The van der Waals surface area contributed by atoms with Gasteiger partial charge in [-0.3, -0.25) is 9.59 Å². The Morgan fingerprint density at radius 3 is 2.37 bits per heavy atom. The lowest BCUT2D eigenvalue weighted by Gasteiger charge is -2.18. The lowest BCUT2D eigenvalue weighted by molar-refractivity contribution is -0.116. The highest BCUT2D eigenvalue weighted by molar-refractivity contribution is 6.39. The molecule has 0 fully saturated rings. The predicted molar refractivity (Wildman–Crippen MR) is 115 cm³/mol. The molecule has 9 heteroatoms. The maximum absolute atomic E-state index is 13.2. The first kappa shape index (κ1) is 21.8. The van der Waals surface area contributed by atoms with Gasteiger partial charge in [-0.05, 0) is 42.8 Å². The minimum Gasteiger partial charge on any atom is -0.332 e. The van der Waals surface area contributed by atoms with Crippen LogP contribution in [0.5, 0.6) is 0 Å². The van der Waals surface area contributed by atoms with Gasteiger partial charge in [-0.15, -0.1) is 0 Å². The van der Waals surface area contributed by atoms with Crippen molar-refractivity contribution in [2.24, 2.45) is 0 Å². The van der Waals surface area contributed by atoms with Crippen molar-refractivity contribution in [1.29, 1.82) is 0 Å². The number of anilines is 1. The van der Waals surface area contributed by atoms with E-state index in [-0.39, 0.29) is 18.3 Å². The van der Waals surface area contributed by atoms with Crippen LogP contribution in [-0.4, -0.2) is 40.1 Å². The summed E-state index contributed by atoms with van der Waals surface area (Å²) in [6, 6.07) is 10.7. The summed E-state index contributed by atoms with van der Waals surface area (Å²) in [6.07, 6.45) is 1.97. The third-order valence-electron chi connectivity index (χ3n) is 4.46. The van der Waals surface area contributed by atoms with Gasteiger partial charge in [-0.25, -0.2) is 9.07 Å². The van der Waals surface area contributed by atoms with Crippen LogP contribution in [0.3, 0.4) is 0 Å². The molecule has 0 saturated heterocycles. The van der Waals surface area contributed by atoms with Crippen LogP contribution in [0.4, 0.5) is 10.1 Å². The van der Waals surface area contributed by atoms with Crippen molar-refractivity contribution in [3.05, 3.63) is 75.8 Å². The molecule has 0 aliphatic heterocycles. The molecule has 0 saturated carbocycles. The monoisotopic (exact) mass is 448 g/mol. The smallest absolute Gasteiger partial charge is 0.257 e. The third kappa shape index (κ3) is 4.63. The van der Waals surface area contributed by atoms with E-state index in [9.17, 15) is 14.0 Å². The number of rotatable bonds is 6. The molecule has 0 aliphatic rings. The number of halogens is 3. The summed E-state index contributed by atoms with van der Waals surface area (Å²) < 4.78 is 14.8. The maximum atomic E-state index is 13.2. The molecule has 2 amide bonds. The van der Waals surface area contributed by atoms with Gasteiger partial charge in [0, 0.05) is 7.05 Å². The first-order valence-corrected chi connectivity index (χ1v) is 9.89. The van der Waals surface area contributed by atoms with Crippen LogP contribution < -0.4 is 5.32 Å². The predicted octanol–water partition coefficient (Wildman–Crippen LogP) is 4.59. The summed E-state index contributed by atoms with van der Waals surface area (Å²) in [6.45, 7) is 1.69. The van der Waals surface area contributed by atoms with E-state index >= 15 is 0 Å². The second kappa shape index (κ2) is 9.28. The zero-order valence-corrected chi connectivity index (χ0v) is 17.8. The molecule has 0 spiro atoms. The Kier molecular flexibility index (Phi) is 6.74. The van der Waals surface area contributed by atoms with E-state index in [1.807, 2.05) is 6.92 Å². The summed E-state index contributed by atoms with van der Waals surface area (Å²) in [4.78, 5) is 26.6. The number of likely N-dealkylation sites (N-methyl/N-ethyl adjacent to an activating group) is 1. The van der Waals surface area contributed by atoms with Gasteiger partial charge >= 0.3 is 0 Å². The average Bonchev–Trinajstić information content (AvgIpc) is 3.14. The summed E-state index contributed by atoms with van der Waals surface area (Å²) in [5.74, 6) is -1.16. The molecule has 156 valence electrons. The molecular weight excluding hydrogens is 430 g/mol. The molecule has 0 radical (unpaired) electrons. The lowest BCUT2D eigenvalue weighted by atomic mass is 10.1. The number of hydrogen-bond acceptors (Lipinski definition) is 3. The SMILES string of the molecule is CCc1c(C(=O)N(C)CC(=O)Nc2c(Cl)cccc2Cl)cnn1-c1ccc(F)cc1. The topological polar surface area (TPSA) is 67.2 Å². The molecule has 6 nitrogen and oxygen atoms in total. The van der Waals surface area contributed by atoms with Crippen LogP contribution >= 0.6 is 23.2 Å². The molecule has 2 aromatic carbocycles. The Morgan fingerprint density at radius 1 is 1.13 bits per heavy atom. The molecule has 0 atom stereocenters. The quantitative estimate of drug-likeness (QED) is 0.599. The maximum Gasteiger partial charge on any atom is 0.257 e. The Balaban J connectivity index is 1.76. The number of aromatic nitrogens is 2. The van der Waals surface area contributed by atoms with Crippen LogP contribution in [0.15, 0.2) is 48.7 Å². The number of carbonyl (C=O) groups excluding carboxylic acids is 2. The van der Waals surface area contributed by atoms with E-state index in [1.54, 1.807) is 35.0 Å². The third-order valence-corrected chi connectivity index (χ3v) is 5.09. The van der Waals surface area contributed by atoms with Gasteiger partial charge in [0.05, 0.1) is 45.4 Å². The first-order chi connectivity index (χ1) is 14.3. The van der Waals surface area contributed by atoms with Gasteiger partial charge < -0.3 is 10.2 Å². The van der Waals surface area contributed by atoms with Crippen LogP contribution in [-0.2, 0) is 11.2 Å². The van der Waals surface area contributed by atoms with Crippen molar-refractivity contribution >= 4 is 40.7 Å². The Morgan fingerprint density at radius 2 is 1.77 bits per heavy atom. The second-order valence-corrected chi connectivity index (χ2v) is 7.37. The molecule has 3 rings (SSSR count). The Bertz CT molecular complexity index is 1060. The van der Waals surface area contributed by atoms with Crippen molar-refractivity contribution in [2.75, 3.05) is 18.9 Å². The van der Waals surface area contributed by atoms with Gasteiger partial charge in [0.1, 0.15) is 5.82 Å². The van der Waals surface area contributed by atoms with E-state index in [4.69, 9.17) is 23.2 Å². The number of amides is 2. The van der Waals surface area contributed by atoms with Gasteiger partial charge in [0.25, 0.3) is 5.91 Å².